The summed E-state index contributed by atoms with van der Waals surface area (Å²) in [6.45, 7) is 2.69. The zero-order valence-electron chi connectivity index (χ0n) is 17.0. The predicted octanol–water partition coefficient (Wildman–Crippen LogP) is 2.77. The third-order valence-corrected chi connectivity index (χ3v) is 7.58. The average molecular weight is 465 g/mol. The van der Waals surface area contributed by atoms with Gasteiger partial charge in [0, 0.05) is 31.8 Å². The smallest absolute Gasteiger partial charge is 0.475 e. The molecule has 2 atom stereocenters. The van der Waals surface area contributed by atoms with Crippen LogP contribution in [0.5, 0.6) is 0 Å². The zero-order chi connectivity index (χ0) is 22.7. The van der Waals surface area contributed by atoms with Gasteiger partial charge in [-0.15, -0.1) is 0 Å². The van der Waals surface area contributed by atoms with Crippen LogP contribution >= 0.6 is 0 Å². The van der Waals surface area contributed by atoms with Crippen LogP contribution in [0.3, 0.4) is 0 Å². The molecule has 2 N–H and O–H groups in total. The third kappa shape index (κ3) is 6.18. The Morgan fingerprint density at radius 1 is 1.19 bits per heavy atom. The molecule has 1 aromatic carbocycles. The van der Waals surface area contributed by atoms with E-state index in [0.29, 0.717) is 11.5 Å². The molecule has 11 heteroatoms. The van der Waals surface area contributed by atoms with Crippen molar-refractivity contribution in [1.82, 2.24) is 9.62 Å². The summed E-state index contributed by atoms with van der Waals surface area (Å²) in [5.41, 5.74) is -0.155. The number of ether oxygens (including phenoxy) is 1. The normalized spacial score (nSPS) is 27.4. The van der Waals surface area contributed by atoms with Gasteiger partial charge in [0.25, 0.3) is 0 Å². The molecule has 0 radical (unpaired) electrons. The highest BCUT2D eigenvalue weighted by atomic mass is 32.2. The van der Waals surface area contributed by atoms with Crippen LogP contribution in [-0.4, -0.2) is 68.0 Å². The second-order valence-corrected chi connectivity index (χ2v) is 9.98. The van der Waals surface area contributed by atoms with Crippen molar-refractivity contribution in [3.63, 3.8) is 0 Å². The number of rotatable bonds is 4. The Hall–Kier alpha value is -1.69. The molecule has 174 valence electrons. The summed E-state index contributed by atoms with van der Waals surface area (Å²) in [4.78, 5) is 11.8. The van der Waals surface area contributed by atoms with Gasteiger partial charge in [-0.1, -0.05) is 24.6 Å². The molecule has 2 aliphatic heterocycles. The Morgan fingerprint density at radius 2 is 1.84 bits per heavy atom. The van der Waals surface area contributed by atoms with Crippen LogP contribution in [0.15, 0.2) is 35.2 Å². The van der Waals surface area contributed by atoms with E-state index in [0.717, 1.165) is 38.4 Å². The van der Waals surface area contributed by atoms with Gasteiger partial charge in [0.05, 0.1) is 10.5 Å². The summed E-state index contributed by atoms with van der Waals surface area (Å²) in [6.07, 6.45) is 1.42. The van der Waals surface area contributed by atoms with Crippen molar-refractivity contribution in [1.29, 1.82) is 0 Å². The topological polar surface area (TPSA) is 95.9 Å². The van der Waals surface area contributed by atoms with Gasteiger partial charge in [-0.25, -0.2) is 17.9 Å². The van der Waals surface area contributed by atoms with E-state index in [4.69, 9.17) is 14.6 Å². The number of nitrogens with zero attached hydrogens (tertiary/aromatic N) is 1. The summed E-state index contributed by atoms with van der Waals surface area (Å²) in [7, 11) is -3.45. The lowest BCUT2D eigenvalue weighted by molar-refractivity contribution is -0.192. The van der Waals surface area contributed by atoms with Crippen LogP contribution in [0.25, 0.3) is 0 Å². The second kappa shape index (κ2) is 9.43. The van der Waals surface area contributed by atoms with E-state index in [1.807, 2.05) is 6.07 Å². The van der Waals surface area contributed by atoms with Crippen molar-refractivity contribution in [3.8, 4) is 0 Å². The third-order valence-electron chi connectivity index (χ3n) is 6.05. The first-order valence-electron chi connectivity index (χ1n) is 10.3. The summed E-state index contributed by atoms with van der Waals surface area (Å²) < 4.78 is 65.9. The van der Waals surface area contributed by atoms with Crippen molar-refractivity contribution >= 4 is 16.0 Å². The molecule has 0 unspecified atom stereocenters. The molecule has 1 aromatic rings. The van der Waals surface area contributed by atoms with Crippen LogP contribution < -0.4 is 4.72 Å². The molecule has 2 heterocycles. The molecule has 2 saturated heterocycles. The molecule has 1 aliphatic carbocycles. The molecule has 31 heavy (non-hydrogen) atoms. The largest absolute Gasteiger partial charge is 0.490 e. The van der Waals surface area contributed by atoms with Crippen LogP contribution in [0.4, 0.5) is 13.2 Å². The van der Waals surface area contributed by atoms with Crippen LogP contribution in [0.2, 0.25) is 0 Å². The minimum absolute atomic E-state index is 0.0368. The molecule has 3 aliphatic rings. The highest BCUT2D eigenvalue weighted by molar-refractivity contribution is 7.89. The van der Waals surface area contributed by atoms with E-state index in [1.54, 1.807) is 24.3 Å². The molecular formula is C20H27F3N2O5S. The van der Waals surface area contributed by atoms with Gasteiger partial charge in [0.1, 0.15) is 0 Å². The number of hydrogen-bond donors (Lipinski definition) is 2. The maximum Gasteiger partial charge on any atom is 0.490 e. The standard InChI is InChI=1S/C18H26N2O3S.C2HF3O2/c21-24(22,17-7-2-1-3-8-17)19-15-9-12-23-18(13-15)10-11-20(14-18)16-5-4-6-16;3-2(4,5)1(6)7/h1-3,7-8,15-16,19H,4-6,9-14H2;(H,6,7)/t15-,18-;/m1./s1. The molecule has 1 saturated carbocycles. The summed E-state index contributed by atoms with van der Waals surface area (Å²) in [5.74, 6) is -2.76. The number of aliphatic carboxylic acids is 1. The highest BCUT2D eigenvalue weighted by Crippen LogP contribution is 2.38. The SMILES string of the molecule is O=C(O)C(F)(F)F.O=S(=O)(N[C@@H]1CCO[C@]2(CCN(C3CCC3)C2)C1)c1ccccc1. The van der Waals surface area contributed by atoms with Gasteiger partial charge in [-0.3, -0.25) is 4.90 Å². The van der Waals surface area contributed by atoms with E-state index >= 15 is 0 Å². The van der Waals surface area contributed by atoms with Gasteiger partial charge < -0.3 is 9.84 Å². The minimum atomic E-state index is -5.08. The van der Waals surface area contributed by atoms with Gasteiger partial charge in [-0.05, 0) is 44.2 Å². The lowest BCUT2D eigenvalue weighted by atomic mass is 9.89. The number of nitrogens with one attached hydrogen (secondary N) is 1. The predicted molar refractivity (Wildman–Crippen MR) is 106 cm³/mol. The fraction of sp³-hybridized carbons (Fsp3) is 0.650. The number of halogens is 3. The van der Waals surface area contributed by atoms with Gasteiger partial charge >= 0.3 is 12.1 Å². The quantitative estimate of drug-likeness (QED) is 0.712. The average Bonchev–Trinajstić information content (AvgIpc) is 3.03. The number of likely N-dealkylation sites (tertiary alicyclic amines) is 1. The maximum atomic E-state index is 12.6. The van der Waals surface area contributed by atoms with E-state index < -0.39 is 22.2 Å². The number of carbonyl (C=O) groups is 1. The summed E-state index contributed by atoms with van der Waals surface area (Å²) in [6, 6.07) is 9.33. The van der Waals surface area contributed by atoms with Crippen molar-refractivity contribution in [3.05, 3.63) is 30.3 Å². The van der Waals surface area contributed by atoms with Crippen LogP contribution in [-0.2, 0) is 19.6 Å². The molecule has 1 spiro atoms. The van der Waals surface area contributed by atoms with Crippen molar-refractivity contribution < 1.29 is 36.2 Å². The van der Waals surface area contributed by atoms with Crippen LogP contribution in [0.1, 0.15) is 38.5 Å². The molecular weight excluding hydrogens is 437 g/mol. The monoisotopic (exact) mass is 464 g/mol. The van der Waals surface area contributed by atoms with E-state index in [1.165, 1.54) is 19.3 Å². The number of sulfonamides is 1. The summed E-state index contributed by atoms with van der Waals surface area (Å²) in [5, 5.41) is 7.12. The molecule has 0 aromatic heterocycles. The van der Waals surface area contributed by atoms with Gasteiger partial charge in [-0.2, -0.15) is 13.2 Å². The number of benzene rings is 1. The maximum absolute atomic E-state index is 12.6. The lowest BCUT2D eigenvalue weighted by Gasteiger charge is -2.40. The van der Waals surface area contributed by atoms with E-state index in [-0.39, 0.29) is 11.6 Å². The molecule has 0 amide bonds. The van der Waals surface area contributed by atoms with Crippen molar-refractivity contribution in [2.75, 3.05) is 19.7 Å². The van der Waals surface area contributed by atoms with Crippen molar-refractivity contribution in [2.24, 2.45) is 0 Å². The van der Waals surface area contributed by atoms with Gasteiger partial charge in [0.15, 0.2) is 0 Å². The Morgan fingerprint density at radius 3 is 2.39 bits per heavy atom. The Kier molecular flexibility index (Phi) is 7.29. The Balaban J connectivity index is 0.000000339. The second-order valence-electron chi connectivity index (χ2n) is 8.26. The van der Waals surface area contributed by atoms with E-state index in [9.17, 15) is 21.6 Å². The molecule has 3 fully saturated rings. The molecule has 7 nitrogen and oxygen atoms in total. The van der Waals surface area contributed by atoms with Crippen molar-refractivity contribution in [2.45, 2.75) is 67.3 Å². The lowest BCUT2D eigenvalue weighted by Crippen LogP contribution is -2.51. The number of carboxylic acid groups (broad SMARTS) is 1. The Bertz CT molecular complexity index is 861. The number of alkyl halides is 3. The summed E-state index contributed by atoms with van der Waals surface area (Å²) >= 11 is 0. The first-order valence-corrected chi connectivity index (χ1v) is 11.7. The highest BCUT2D eigenvalue weighted by Gasteiger charge is 2.46. The number of carboxylic acids is 1. The van der Waals surface area contributed by atoms with E-state index in [2.05, 4.69) is 9.62 Å². The first kappa shape index (κ1) is 24.0. The van der Waals surface area contributed by atoms with Gasteiger partial charge in [0.2, 0.25) is 10.0 Å². The first-order chi connectivity index (χ1) is 14.5. The fourth-order valence-corrected chi connectivity index (χ4v) is 5.53. The Labute approximate surface area is 179 Å². The minimum Gasteiger partial charge on any atom is -0.475 e. The zero-order valence-corrected chi connectivity index (χ0v) is 17.8. The van der Waals surface area contributed by atoms with Crippen LogP contribution in [0, 0.1) is 0 Å². The molecule has 4 rings (SSSR count). The number of hydrogen-bond acceptors (Lipinski definition) is 5. The fourth-order valence-electron chi connectivity index (χ4n) is 4.24. The molecule has 0 bridgehead atoms.